The van der Waals surface area contributed by atoms with Gasteiger partial charge in [0.1, 0.15) is 5.58 Å². The zero-order valence-corrected chi connectivity index (χ0v) is 15.0. The van der Waals surface area contributed by atoms with Crippen LogP contribution in [0.4, 0.5) is 0 Å². The van der Waals surface area contributed by atoms with Crippen molar-refractivity contribution in [2.24, 2.45) is 0 Å². The monoisotopic (exact) mass is 355 g/mol. The highest BCUT2D eigenvalue weighted by atomic mass is 16.3. The molecule has 2 aromatic rings. The van der Waals surface area contributed by atoms with Gasteiger partial charge in [-0.15, -0.1) is 0 Å². The van der Waals surface area contributed by atoms with Crippen LogP contribution in [0.2, 0.25) is 0 Å². The molecule has 0 aliphatic carbocycles. The van der Waals surface area contributed by atoms with E-state index in [1.54, 1.807) is 0 Å². The van der Waals surface area contributed by atoms with Crippen LogP contribution < -0.4 is 0 Å². The normalized spacial score (nSPS) is 19.1. The van der Waals surface area contributed by atoms with Crippen LogP contribution in [0.1, 0.15) is 29.8 Å². The second-order valence-electron chi connectivity index (χ2n) is 7.16. The fourth-order valence-electron chi connectivity index (χ4n) is 3.79. The smallest absolute Gasteiger partial charge is 0.289 e. The lowest BCUT2D eigenvalue weighted by Gasteiger charge is -2.35. The van der Waals surface area contributed by atoms with E-state index in [2.05, 4.69) is 4.90 Å². The molecule has 0 bridgehead atoms. The Labute approximate surface area is 153 Å². The number of nitrogens with zero attached hydrogens (tertiary/aromatic N) is 3. The summed E-state index contributed by atoms with van der Waals surface area (Å²) in [7, 11) is 0. The van der Waals surface area contributed by atoms with Crippen molar-refractivity contribution in [3.05, 3.63) is 36.1 Å². The van der Waals surface area contributed by atoms with E-state index in [1.165, 1.54) is 6.42 Å². The van der Waals surface area contributed by atoms with E-state index < -0.39 is 0 Å². The fourth-order valence-corrected chi connectivity index (χ4v) is 3.79. The third-order valence-electron chi connectivity index (χ3n) is 5.36. The molecule has 2 aliphatic heterocycles. The van der Waals surface area contributed by atoms with Gasteiger partial charge in [0.25, 0.3) is 5.91 Å². The lowest BCUT2D eigenvalue weighted by atomic mass is 10.1. The van der Waals surface area contributed by atoms with Gasteiger partial charge in [-0.3, -0.25) is 14.5 Å². The van der Waals surface area contributed by atoms with Gasteiger partial charge in [0.05, 0.1) is 6.54 Å². The number of piperidine rings is 1. The molecule has 1 aromatic carbocycles. The van der Waals surface area contributed by atoms with E-state index in [4.69, 9.17) is 4.42 Å². The van der Waals surface area contributed by atoms with Crippen molar-refractivity contribution < 1.29 is 14.0 Å². The summed E-state index contributed by atoms with van der Waals surface area (Å²) in [6.45, 7) is 4.96. The predicted octanol–water partition coefficient (Wildman–Crippen LogP) is 2.20. The molecule has 0 unspecified atom stereocenters. The number of rotatable bonds is 3. The van der Waals surface area contributed by atoms with Crippen molar-refractivity contribution in [3.8, 4) is 0 Å². The zero-order chi connectivity index (χ0) is 17.9. The molecule has 2 amide bonds. The lowest BCUT2D eigenvalue weighted by Crippen LogP contribution is -2.52. The van der Waals surface area contributed by atoms with E-state index in [0.29, 0.717) is 25.4 Å². The number of benzene rings is 1. The largest absolute Gasteiger partial charge is 0.451 e. The first kappa shape index (κ1) is 17.1. The molecule has 2 saturated heterocycles. The Bertz CT molecular complexity index is 753. The summed E-state index contributed by atoms with van der Waals surface area (Å²) in [5.74, 6) is 0.550. The van der Waals surface area contributed by atoms with E-state index in [9.17, 15) is 9.59 Å². The first-order chi connectivity index (χ1) is 12.7. The summed E-state index contributed by atoms with van der Waals surface area (Å²) >= 11 is 0. The van der Waals surface area contributed by atoms with Crippen molar-refractivity contribution >= 4 is 22.8 Å². The van der Waals surface area contributed by atoms with Crippen LogP contribution in [0.5, 0.6) is 0 Å². The van der Waals surface area contributed by atoms with Crippen LogP contribution in [0.25, 0.3) is 11.0 Å². The Morgan fingerprint density at radius 2 is 1.62 bits per heavy atom. The Balaban J connectivity index is 1.31. The first-order valence-corrected chi connectivity index (χ1v) is 9.49. The Kier molecular flexibility index (Phi) is 4.93. The summed E-state index contributed by atoms with van der Waals surface area (Å²) in [6.07, 6.45) is 3.46. The number of carbonyl (C=O) groups is 2. The standard InChI is InChI=1S/C20H25N3O3/c24-19(22-8-4-1-5-9-22)15-21-10-12-23(13-11-21)20(25)18-14-16-6-2-3-7-17(16)26-18/h2-3,6-7,14H,1,4-5,8-13,15H2. The lowest BCUT2D eigenvalue weighted by molar-refractivity contribution is -0.133. The third kappa shape index (κ3) is 3.60. The molecule has 2 aliphatic rings. The number of amides is 2. The molecule has 3 heterocycles. The van der Waals surface area contributed by atoms with E-state index in [0.717, 1.165) is 50.0 Å². The quantitative estimate of drug-likeness (QED) is 0.847. The highest BCUT2D eigenvalue weighted by molar-refractivity contribution is 5.96. The van der Waals surface area contributed by atoms with E-state index in [1.807, 2.05) is 40.1 Å². The minimum atomic E-state index is -0.0665. The van der Waals surface area contributed by atoms with Crippen molar-refractivity contribution in [2.45, 2.75) is 19.3 Å². The van der Waals surface area contributed by atoms with Crippen molar-refractivity contribution in [2.75, 3.05) is 45.8 Å². The number of para-hydroxylation sites is 1. The summed E-state index contributed by atoms with van der Waals surface area (Å²) in [5.41, 5.74) is 0.738. The molecule has 0 N–H and O–H groups in total. The van der Waals surface area contributed by atoms with Crippen LogP contribution in [0, 0.1) is 0 Å². The van der Waals surface area contributed by atoms with Gasteiger partial charge in [0, 0.05) is 44.7 Å². The molecule has 0 atom stereocenters. The van der Waals surface area contributed by atoms with Gasteiger partial charge in [-0.25, -0.2) is 0 Å². The van der Waals surface area contributed by atoms with Crippen LogP contribution in [0.3, 0.4) is 0 Å². The maximum atomic E-state index is 12.7. The van der Waals surface area contributed by atoms with Gasteiger partial charge in [-0.05, 0) is 31.4 Å². The molecule has 1 aromatic heterocycles. The minimum Gasteiger partial charge on any atom is -0.451 e. The van der Waals surface area contributed by atoms with Gasteiger partial charge < -0.3 is 14.2 Å². The number of hydrogen-bond donors (Lipinski definition) is 0. The van der Waals surface area contributed by atoms with Crippen molar-refractivity contribution in [3.63, 3.8) is 0 Å². The maximum Gasteiger partial charge on any atom is 0.289 e. The highest BCUT2D eigenvalue weighted by Crippen LogP contribution is 2.20. The number of fused-ring (bicyclic) bond motifs is 1. The van der Waals surface area contributed by atoms with Gasteiger partial charge in [0.15, 0.2) is 5.76 Å². The molecule has 0 spiro atoms. The van der Waals surface area contributed by atoms with Crippen LogP contribution in [-0.2, 0) is 4.79 Å². The Morgan fingerprint density at radius 3 is 2.35 bits per heavy atom. The minimum absolute atomic E-state index is 0.0665. The molecule has 138 valence electrons. The van der Waals surface area contributed by atoms with Crippen LogP contribution in [0.15, 0.2) is 34.7 Å². The highest BCUT2D eigenvalue weighted by Gasteiger charge is 2.26. The second-order valence-corrected chi connectivity index (χ2v) is 7.16. The summed E-state index contributed by atoms with van der Waals surface area (Å²) < 4.78 is 5.69. The van der Waals surface area contributed by atoms with Crippen molar-refractivity contribution in [1.82, 2.24) is 14.7 Å². The number of furan rings is 1. The molecule has 2 fully saturated rings. The summed E-state index contributed by atoms with van der Waals surface area (Å²) in [4.78, 5) is 31.0. The van der Waals surface area contributed by atoms with Crippen LogP contribution >= 0.6 is 0 Å². The average Bonchev–Trinajstić information content (AvgIpc) is 3.13. The molecule has 26 heavy (non-hydrogen) atoms. The number of hydrogen-bond acceptors (Lipinski definition) is 4. The average molecular weight is 355 g/mol. The molecular formula is C20H25N3O3. The first-order valence-electron chi connectivity index (χ1n) is 9.49. The van der Waals surface area contributed by atoms with Gasteiger partial charge in [-0.1, -0.05) is 18.2 Å². The van der Waals surface area contributed by atoms with E-state index in [-0.39, 0.29) is 11.8 Å². The van der Waals surface area contributed by atoms with E-state index >= 15 is 0 Å². The Hall–Kier alpha value is -2.34. The second kappa shape index (κ2) is 7.50. The van der Waals surface area contributed by atoms with Gasteiger partial charge >= 0.3 is 0 Å². The molecule has 0 radical (unpaired) electrons. The topological polar surface area (TPSA) is 57.0 Å². The maximum absolute atomic E-state index is 12.7. The molecule has 6 nitrogen and oxygen atoms in total. The third-order valence-corrected chi connectivity index (χ3v) is 5.36. The molecular weight excluding hydrogens is 330 g/mol. The SMILES string of the molecule is O=C(CN1CCN(C(=O)c2cc3ccccc3o2)CC1)N1CCCCC1. The van der Waals surface area contributed by atoms with Crippen molar-refractivity contribution in [1.29, 1.82) is 0 Å². The van der Waals surface area contributed by atoms with Crippen LogP contribution in [-0.4, -0.2) is 72.3 Å². The summed E-state index contributed by atoms with van der Waals surface area (Å²) in [5, 5.41) is 0.946. The molecule has 0 saturated carbocycles. The fraction of sp³-hybridized carbons (Fsp3) is 0.500. The predicted molar refractivity (Wildman–Crippen MR) is 99.0 cm³/mol. The number of carbonyl (C=O) groups excluding carboxylic acids is 2. The summed E-state index contributed by atoms with van der Waals surface area (Å²) in [6, 6.07) is 9.46. The van der Waals surface area contributed by atoms with Gasteiger partial charge in [-0.2, -0.15) is 0 Å². The van der Waals surface area contributed by atoms with Gasteiger partial charge in [0.2, 0.25) is 5.91 Å². The molecule has 6 heteroatoms. The number of likely N-dealkylation sites (tertiary alicyclic amines) is 1. The molecule has 4 rings (SSSR count). The number of piperazine rings is 1. The zero-order valence-electron chi connectivity index (χ0n) is 15.0. The Morgan fingerprint density at radius 1 is 0.885 bits per heavy atom.